The lowest BCUT2D eigenvalue weighted by molar-refractivity contribution is -0.129. The van der Waals surface area contributed by atoms with Crippen molar-refractivity contribution in [3.63, 3.8) is 0 Å². The molecule has 0 aliphatic heterocycles. The van der Waals surface area contributed by atoms with Crippen LogP contribution in [0.25, 0.3) is 0 Å². The van der Waals surface area contributed by atoms with Crippen LogP contribution in [0.2, 0.25) is 0 Å². The molecule has 84 valence electrons. The minimum atomic E-state index is -0.225. The van der Waals surface area contributed by atoms with Crippen molar-refractivity contribution in [3.8, 4) is 6.07 Å². The molecule has 0 aromatic carbocycles. The van der Waals surface area contributed by atoms with Gasteiger partial charge in [-0.25, -0.2) is 0 Å². The molecule has 0 bridgehead atoms. The van der Waals surface area contributed by atoms with E-state index in [0.29, 0.717) is 19.6 Å². The molecule has 2 amide bonds. The lowest BCUT2D eigenvalue weighted by Gasteiger charge is -2.20. The van der Waals surface area contributed by atoms with Crippen LogP contribution in [0, 0.1) is 11.3 Å². The van der Waals surface area contributed by atoms with Crippen molar-refractivity contribution in [2.45, 2.75) is 13.3 Å². The molecule has 0 aromatic rings. The van der Waals surface area contributed by atoms with Gasteiger partial charge in [0.05, 0.1) is 12.5 Å². The maximum atomic E-state index is 11.3. The quantitative estimate of drug-likeness (QED) is 0.659. The molecule has 6 heteroatoms. The number of hydrogen-bond acceptors (Lipinski definition) is 3. The fourth-order valence-corrected chi connectivity index (χ4v) is 1.17. The standard InChI is InChI=1S/C9H14ClN3O2/c1-8(14)12-4-6-13(5-2-3-11)9(15)7-10/h2,4-7H2,1H3,(H,12,14). The van der Waals surface area contributed by atoms with Crippen molar-refractivity contribution in [2.75, 3.05) is 25.5 Å². The summed E-state index contributed by atoms with van der Waals surface area (Å²) in [4.78, 5) is 23.3. The molecule has 1 N–H and O–H groups in total. The van der Waals surface area contributed by atoms with Gasteiger partial charge in [-0.15, -0.1) is 11.6 Å². The van der Waals surface area contributed by atoms with Crippen LogP contribution in [-0.4, -0.2) is 42.2 Å². The third-order valence-corrected chi connectivity index (χ3v) is 1.94. The number of hydrogen-bond donors (Lipinski definition) is 1. The zero-order chi connectivity index (χ0) is 11.7. The van der Waals surface area contributed by atoms with Crippen molar-refractivity contribution in [1.29, 1.82) is 5.26 Å². The summed E-state index contributed by atoms with van der Waals surface area (Å²) in [7, 11) is 0. The van der Waals surface area contributed by atoms with E-state index in [1.54, 1.807) is 0 Å². The van der Waals surface area contributed by atoms with Crippen LogP contribution in [0.15, 0.2) is 0 Å². The minimum Gasteiger partial charge on any atom is -0.355 e. The van der Waals surface area contributed by atoms with Crippen molar-refractivity contribution >= 4 is 23.4 Å². The molecule has 15 heavy (non-hydrogen) atoms. The van der Waals surface area contributed by atoms with E-state index in [0.717, 1.165) is 0 Å². The predicted octanol–water partition coefficient (Wildman–Crippen LogP) is 0.104. The first-order valence-electron chi connectivity index (χ1n) is 4.57. The highest BCUT2D eigenvalue weighted by atomic mass is 35.5. The van der Waals surface area contributed by atoms with Crippen LogP contribution >= 0.6 is 11.6 Å². The van der Waals surface area contributed by atoms with Crippen molar-refractivity contribution in [1.82, 2.24) is 10.2 Å². The highest BCUT2D eigenvalue weighted by Gasteiger charge is 2.11. The van der Waals surface area contributed by atoms with Gasteiger partial charge in [-0.3, -0.25) is 9.59 Å². The van der Waals surface area contributed by atoms with E-state index < -0.39 is 0 Å². The fourth-order valence-electron chi connectivity index (χ4n) is 0.998. The van der Waals surface area contributed by atoms with Gasteiger partial charge < -0.3 is 10.2 Å². The Labute approximate surface area is 94.0 Å². The fraction of sp³-hybridized carbons (Fsp3) is 0.667. The molecule has 0 radical (unpaired) electrons. The zero-order valence-corrected chi connectivity index (χ0v) is 9.38. The van der Waals surface area contributed by atoms with Crippen LogP contribution in [0.4, 0.5) is 0 Å². The molecule has 0 fully saturated rings. The number of halogens is 1. The summed E-state index contributed by atoms with van der Waals surface area (Å²) in [5.41, 5.74) is 0. The Balaban J connectivity index is 3.96. The monoisotopic (exact) mass is 231 g/mol. The second-order valence-electron chi connectivity index (χ2n) is 2.91. The maximum Gasteiger partial charge on any atom is 0.237 e. The number of nitrogens with one attached hydrogen (secondary N) is 1. The van der Waals surface area contributed by atoms with Gasteiger partial charge in [0.15, 0.2) is 0 Å². The number of alkyl halides is 1. The first-order valence-corrected chi connectivity index (χ1v) is 5.10. The molecule has 0 aliphatic rings. The number of nitrogens with zero attached hydrogens (tertiary/aromatic N) is 2. The molecule has 0 unspecified atom stereocenters. The number of amides is 2. The summed E-state index contributed by atoms with van der Waals surface area (Å²) < 4.78 is 0. The Kier molecular flexibility index (Phi) is 7.38. The molecule has 0 aromatic heterocycles. The van der Waals surface area contributed by atoms with Crippen LogP contribution in [0.1, 0.15) is 13.3 Å². The van der Waals surface area contributed by atoms with Crippen molar-refractivity contribution < 1.29 is 9.59 Å². The summed E-state index contributed by atoms with van der Waals surface area (Å²) in [5.74, 6) is -0.475. The summed E-state index contributed by atoms with van der Waals surface area (Å²) in [6.07, 6.45) is 0.267. The number of carbonyl (C=O) groups excluding carboxylic acids is 2. The zero-order valence-electron chi connectivity index (χ0n) is 8.62. The molecule has 5 nitrogen and oxygen atoms in total. The van der Waals surface area contributed by atoms with E-state index in [4.69, 9.17) is 16.9 Å². The normalized spacial score (nSPS) is 9.13. The lowest BCUT2D eigenvalue weighted by Crippen LogP contribution is -2.39. The Bertz CT molecular complexity index is 263. The minimum absolute atomic E-state index is 0.106. The molecule has 0 aliphatic carbocycles. The Morgan fingerprint density at radius 1 is 1.47 bits per heavy atom. The average molecular weight is 232 g/mol. The number of nitriles is 1. The highest BCUT2D eigenvalue weighted by Crippen LogP contribution is 1.94. The second-order valence-corrected chi connectivity index (χ2v) is 3.17. The van der Waals surface area contributed by atoms with Gasteiger partial charge in [-0.1, -0.05) is 0 Å². The molecule has 0 saturated carbocycles. The number of rotatable bonds is 6. The summed E-state index contributed by atoms with van der Waals surface area (Å²) in [6.45, 7) is 2.51. The molecule has 0 heterocycles. The second kappa shape index (κ2) is 8.06. The average Bonchev–Trinajstić information content (AvgIpc) is 2.21. The maximum absolute atomic E-state index is 11.3. The first-order chi connectivity index (χ1) is 7.11. The Morgan fingerprint density at radius 3 is 2.60 bits per heavy atom. The topological polar surface area (TPSA) is 73.2 Å². The first kappa shape index (κ1) is 13.7. The van der Waals surface area contributed by atoms with E-state index in [1.165, 1.54) is 11.8 Å². The van der Waals surface area contributed by atoms with Crippen LogP contribution in [-0.2, 0) is 9.59 Å². The third kappa shape index (κ3) is 6.75. The largest absolute Gasteiger partial charge is 0.355 e. The van der Waals surface area contributed by atoms with Crippen molar-refractivity contribution in [3.05, 3.63) is 0 Å². The van der Waals surface area contributed by atoms with E-state index >= 15 is 0 Å². The van der Waals surface area contributed by atoms with E-state index in [1.807, 2.05) is 6.07 Å². The SMILES string of the molecule is CC(=O)NCCN(CCC#N)C(=O)CCl. The van der Waals surface area contributed by atoms with E-state index in [2.05, 4.69) is 5.32 Å². The van der Waals surface area contributed by atoms with Crippen LogP contribution in [0.5, 0.6) is 0 Å². The molecule has 0 saturated heterocycles. The summed E-state index contributed by atoms with van der Waals surface area (Å²) >= 11 is 5.41. The summed E-state index contributed by atoms with van der Waals surface area (Å²) in [5, 5.41) is 11.0. The van der Waals surface area contributed by atoms with Crippen LogP contribution in [0.3, 0.4) is 0 Å². The van der Waals surface area contributed by atoms with Gasteiger partial charge in [-0.2, -0.15) is 5.26 Å². The van der Waals surface area contributed by atoms with Gasteiger partial charge in [0.1, 0.15) is 5.88 Å². The molecule has 0 atom stereocenters. The van der Waals surface area contributed by atoms with Gasteiger partial charge in [0.25, 0.3) is 0 Å². The van der Waals surface area contributed by atoms with E-state index in [9.17, 15) is 9.59 Å². The smallest absolute Gasteiger partial charge is 0.237 e. The third-order valence-electron chi connectivity index (χ3n) is 1.72. The van der Waals surface area contributed by atoms with Crippen LogP contribution < -0.4 is 5.32 Å². The van der Waals surface area contributed by atoms with Crippen molar-refractivity contribution in [2.24, 2.45) is 0 Å². The lowest BCUT2D eigenvalue weighted by atomic mass is 10.4. The molecular weight excluding hydrogens is 218 g/mol. The molecule has 0 rings (SSSR count). The predicted molar refractivity (Wildman–Crippen MR) is 56.2 cm³/mol. The molecular formula is C9H14ClN3O2. The molecule has 0 spiro atoms. The van der Waals surface area contributed by atoms with Gasteiger partial charge in [0, 0.05) is 26.6 Å². The highest BCUT2D eigenvalue weighted by molar-refractivity contribution is 6.27. The summed E-state index contributed by atoms with van der Waals surface area (Å²) in [6, 6.07) is 1.95. The van der Waals surface area contributed by atoms with Gasteiger partial charge in [-0.05, 0) is 0 Å². The number of carbonyl (C=O) groups is 2. The van der Waals surface area contributed by atoms with Gasteiger partial charge in [0.2, 0.25) is 11.8 Å². The van der Waals surface area contributed by atoms with Gasteiger partial charge >= 0.3 is 0 Å². The Hall–Kier alpha value is -1.28. The van der Waals surface area contributed by atoms with E-state index in [-0.39, 0.29) is 24.1 Å². The Morgan fingerprint density at radius 2 is 2.13 bits per heavy atom.